The SMILES string of the molecule is COc1ccccc1Cn1ncc(CC(=O)O)c1Cl. The van der Waals surface area contributed by atoms with Gasteiger partial charge in [0, 0.05) is 11.1 Å². The van der Waals surface area contributed by atoms with Gasteiger partial charge < -0.3 is 9.84 Å². The van der Waals surface area contributed by atoms with E-state index in [4.69, 9.17) is 21.4 Å². The quantitative estimate of drug-likeness (QED) is 0.912. The Balaban J connectivity index is 2.24. The molecule has 6 heteroatoms. The summed E-state index contributed by atoms with van der Waals surface area (Å²) < 4.78 is 6.80. The summed E-state index contributed by atoms with van der Waals surface area (Å²) in [5, 5.41) is 13.2. The fraction of sp³-hybridized carbons (Fsp3) is 0.231. The van der Waals surface area contributed by atoms with Gasteiger partial charge in [-0.15, -0.1) is 0 Å². The molecule has 0 aliphatic heterocycles. The number of benzene rings is 1. The van der Waals surface area contributed by atoms with E-state index in [1.165, 1.54) is 6.20 Å². The Labute approximate surface area is 115 Å². The van der Waals surface area contributed by atoms with E-state index in [9.17, 15) is 4.79 Å². The van der Waals surface area contributed by atoms with E-state index in [0.29, 0.717) is 17.3 Å². The van der Waals surface area contributed by atoms with Crippen LogP contribution in [0.2, 0.25) is 5.15 Å². The summed E-state index contributed by atoms with van der Waals surface area (Å²) in [4.78, 5) is 10.7. The molecular weight excluding hydrogens is 268 g/mol. The number of hydrogen-bond acceptors (Lipinski definition) is 3. The fourth-order valence-corrected chi connectivity index (χ4v) is 2.01. The molecule has 0 aliphatic carbocycles. The standard InChI is InChI=1S/C13H13ClN2O3/c1-19-11-5-3-2-4-9(11)8-16-13(14)10(7-15-16)6-12(17)18/h2-5,7H,6,8H2,1H3,(H,17,18). The van der Waals surface area contributed by atoms with Crippen molar-refractivity contribution < 1.29 is 14.6 Å². The molecule has 2 aromatic rings. The van der Waals surface area contributed by atoms with Crippen molar-refractivity contribution in [2.45, 2.75) is 13.0 Å². The van der Waals surface area contributed by atoms with Crippen LogP contribution < -0.4 is 4.74 Å². The first kappa shape index (κ1) is 13.4. The lowest BCUT2D eigenvalue weighted by Crippen LogP contribution is -2.04. The van der Waals surface area contributed by atoms with Crippen molar-refractivity contribution in [2.75, 3.05) is 7.11 Å². The Hall–Kier alpha value is -2.01. The van der Waals surface area contributed by atoms with E-state index in [2.05, 4.69) is 5.10 Å². The molecule has 0 bridgehead atoms. The van der Waals surface area contributed by atoms with Gasteiger partial charge in [0.15, 0.2) is 0 Å². The first-order chi connectivity index (χ1) is 9.11. The molecule has 0 saturated carbocycles. The van der Waals surface area contributed by atoms with Crippen LogP contribution in [0.25, 0.3) is 0 Å². The zero-order valence-corrected chi connectivity index (χ0v) is 11.1. The maximum atomic E-state index is 10.7. The molecule has 1 aromatic heterocycles. The number of carbonyl (C=O) groups is 1. The number of para-hydroxylation sites is 1. The summed E-state index contributed by atoms with van der Waals surface area (Å²) in [7, 11) is 1.60. The molecule has 0 saturated heterocycles. The summed E-state index contributed by atoms with van der Waals surface area (Å²) in [5.41, 5.74) is 1.43. The van der Waals surface area contributed by atoms with Crippen LogP contribution in [0.3, 0.4) is 0 Å². The number of nitrogens with zero attached hydrogens (tertiary/aromatic N) is 2. The Morgan fingerprint density at radius 1 is 1.42 bits per heavy atom. The maximum absolute atomic E-state index is 10.7. The summed E-state index contributed by atoms with van der Waals surface area (Å²) in [6.07, 6.45) is 1.34. The van der Waals surface area contributed by atoms with E-state index < -0.39 is 5.97 Å². The molecule has 100 valence electrons. The highest BCUT2D eigenvalue weighted by molar-refractivity contribution is 6.30. The van der Waals surface area contributed by atoms with Gasteiger partial charge in [-0.1, -0.05) is 29.8 Å². The first-order valence-electron chi connectivity index (χ1n) is 5.65. The number of carboxylic acids is 1. The normalized spacial score (nSPS) is 10.4. The van der Waals surface area contributed by atoms with Crippen LogP contribution in [-0.2, 0) is 17.8 Å². The summed E-state index contributed by atoms with van der Waals surface area (Å²) >= 11 is 6.11. The summed E-state index contributed by atoms with van der Waals surface area (Å²) in [5.74, 6) is -0.187. The number of halogens is 1. The van der Waals surface area contributed by atoms with Crippen LogP contribution in [0.15, 0.2) is 30.5 Å². The third-order valence-electron chi connectivity index (χ3n) is 2.70. The van der Waals surface area contributed by atoms with E-state index in [1.807, 2.05) is 24.3 Å². The van der Waals surface area contributed by atoms with Gasteiger partial charge in [0.25, 0.3) is 0 Å². The van der Waals surface area contributed by atoms with Gasteiger partial charge in [0.2, 0.25) is 0 Å². The first-order valence-corrected chi connectivity index (χ1v) is 6.03. The molecule has 1 heterocycles. The molecule has 0 atom stereocenters. The van der Waals surface area contributed by atoms with Crippen LogP contribution >= 0.6 is 11.6 Å². The Morgan fingerprint density at radius 3 is 2.84 bits per heavy atom. The van der Waals surface area contributed by atoms with E-state index in [0.717, 1.165) is 11.3 Å². The molecule has 1 aromatic carbocycles. The minimum Gasteiger partial charge on any atom is -0.496 e. The number of hydrogen-bond donors (Lipinski definition) is 1. The number of aliphatic carboxylic acids is 1. The van der Waals surface area contributed by atoms with Crippen molar-refractivity contribution in [2.24, 2.45) is 0 Å². The highest BCUT2D eigenvalue weighted by Crippen LogP contribution is 2.22. The molecule has 0 radical (unpaired) electrons. The van der Waals surface area contributed by atoms with E-state index in [-0.39, 0.29) is 6.42 Å². The van der Waals surface area contributed by atoms with Crippen LogP contribution in [0, 0.1) is 0 Å². The summed E-state index contributed by atoms with van der Waals surface area (Å²) in [6.45, 7) is 0.433. The van der Waals surface area contributed by atoms with Gasteiger partial charge in [-0.25, -0.2) is 4.68 Å². The van der Waals surface area contributed by atoms with Gasteiger partial charge in [-0.2, -0.15) is 5.10 Å². The van der Waals surface area contributed by atoms with Crippen molar-refractivity contribution >= 4 is 17.6 Å². The van der Waals surface area contributed by atoms with Gasteiger partial charge in [0.1, 0.15) is 10.9 Å². The van der Waals surface area contributed by atoms with Crippen molar-refractivity contribution in [1.29, 1.82) is 0 Å². The Kier molecular flexibility index (Phi) is 4.06. The van der Waals surface area contributed by atoms with Gasteiger partial charge in [-0.05, 0) is 6.07 Å². The molecule has 0 amide bonds. The molecule has 5 nitrogen and oxygen atoms in total. The minimum absolute atomic E-state index is 0.134. The van der Waals surface area contributed by atoms with E-state index >= 15 is 0 Å². The van der Waals surface area contributed by atoms with Gasteiger partial charge in [0.05, 0.1) is 26.3 Å². The second kappa shape index (κ2) is 5.75. The number of aromatic nitrogens is 2. The van der Waals surface area contributed by atoms with E-state index in [1.54, 1.807) is 11.8 Å². The Bertz CT molecular complexity index is 595. The Morgan fingerprint density at radius 2 is 2.16 bits per heavy atom. The van der Waals surface area contributed by atoms with Crippen molar-refractivity contribution in [1.82, 2.24) is 9.78 Å². The fourth-order valence-electron chi connectivity index (χ4n) is 1.80. The van der Waals surface area contributed by atoms with Gasteiger partial charge in [-0.3, -0.25) is 4.79 Å². The van der Waals surface area contributed by atoms with Crippen molar-refractivity contribution in [3.05, 3.63) is 46.7 Å². The highest BCUT2D eigenvalue weighted by atomic mass is 35.5. The molecule has 2 rings (SSSR count). The lowest BCUT2D eigenvalue weighted by molar-refractivity contribution is -0.136. The molecule has 0 aliphatic rings. The second-order valence-electron chi connectivity index (χ2n) is 4.00. The van der Waals surface area contributed by atoms with Crippen LogP contribution in [0.5, 0.6) is 5.75 Å². The van der Waals surface area contributed by atoms with Gasteiger partial charge >= 0.3 is 5.97 Å². The number of methoxy groups -OCH3 is 1. The monoisotopic (exact) mass is 280 g/mol. The van der Waals surface area contributed by atoms with Crippen LogP contribution in [0.1, 0.15) is 11.1 Å². The average molecular weight is 281 g/mol. The third kappa shape index (κ3) is 3.06. The predicted molar refractivity (Wildman–Crippen MR) is 70.7 cm³/mol. The number of rotatable bonds is 5. The lowest BCUT2D eigenvalue weighted by Gasteiger charge is -2.09. The lowest BCUT2D eigenvalue weighted by atomic mass is 10.2. The predicted octanol–water partition coefficient (Wildman–Crippen LogP) is 2.22. The molecule has 19 heavy (non-hydrogen) atoms. The van der Waals surface area contributed by atoms with Crippen molar-refractivity contribution in [3.63, 3.8) is 0 Å². The molecule has 0 fully saturated rings. The molecular formula is C13H13ClN2O3. The van der Waals surface area contributed by atoms with Crippen molar-refractivity contribution in [3.8, 4) is 5.75 Å². The highest BCUT2D eigenvalue weighted by Gasteiger charge is 2.13. The van der Waals surface area contributed by atoms with Crippen LogP contribution in [0.4, 0.5) is 0 Å². The average Bonchev–Trinajstić information content (AvgIpc) is 2.72. The minimum atomic E-state index is -0.932. The molecule has 0 spiro atoms. The number of ether oxygens (including phenoxy) is 1. The topological polar surface area (TPSA) is 64.4 Å². The smallest absolute Gasteiger partial charge is 0.307 e. The largest absolute Gasteiger partial charge is 0.496 e. The number of carboxylic acid groups (broad SMARTS) is 1. The summed E-state index contributed by atoms with van der Waals surface area (Å²) in [6, 6.07) is 7.54. The zero-order valence-electron chi connectivity index (χ0n) is 10.3. The second-order valence-corrected chi connectivity index (χ2v) is 4.36. The van der Waals surface area contributed by atoms with Crippen LogP contribution in [-0.4, -0.2) is 28.0 Å². The molecule has 1 N–H and O–H groups in total. The maximum Gasteiger partial charge on any atom is 0.307 e. The molecule has 0 unspecified atom stereocenters. The zero-order chi connectivity index (χ0) is 13.8. The third-order valence-corrected chi connectivity index (χ3v) is 3.14.